The number of hydrogen-bond acceptors (Lipinski definition) is 5. The van der Waals surface area contributed by atoms with Crippen LogP contribution in [0.15, 0.2) is 29.6 Å². The molecule has 1 amide bonds. The zero-order valence-electron chi connectivity index (χ0n) is 14.8. The predicted molar refractivity (Wildman–Crippen MR) is 97.1 cm³/mol. The van der Waals surface area contributed by atoms with Gasteiger partial charge in [-0.05, 0) is 31.0 Å². The number of thiazole rings is 1. The second-order valence-electron chi connectivity index (χ2n) is 6.36. The first-order valence-corrected chi connectivity index (χ1v) is 9.48. The number of ether oxygens (including phenoxy) is 1. The summed E-state index contributed by atoms with van der Waals surface area (Å²) >= 11 is 1.60. The SMILES string of the molecule is Cc1csc(N2CCCN(C(=O)Cc3ccc(OC(F)(F)F)cc3)CC2)n1. The van der Waals surface area contributed by atoms with Gasteiger partial charge in [-0.2, -0.15) is 0 Å². The number of carbonyl (C=O) groups excluding carboxylic acids is 1. The van der Waals surface area contributed by atoms with E-state index in [1.54, 1.807) is 16.2 Å². The monoisotopic (exact) mass is 399 g/mol. The van der Waals surface area contributed by atoms with Gasteiger partial charge >= 0.3 is 6.36 Å². The lowest BCUT2D eigenvalue weighted by Crippen LogP contribution is -2.36. The van der Waals surface area contributed by atoms with Crippen LogP contribution in [0.2, 0.25) is 0 Å². The number of aryl methyl sites for hydroxylation is 1. The lowest BCUT2D eigenvalue weighted by Gasteiger charge is -2.22. The largest absolute Gasteiger partial charge is 0.573 e. The minimum Gasteiger partial charge on any atom is -0.406 e. The Hall–Kier alpha value is -2.29. The molecule has 0 saturated carbocycles. The van der Waals surface area contributed by atoms with E-state index in [1.165, 1.54) is 24.3 Å². The number of alkyl halides is 3. The molecule has 0 radical (unpaired) electrons. The summed E-state index contributed by atoms with van der Waals surface area (Å²) in [4.78, 5) is 21.1. The van der Waals surface area contributed by atoms with Crippen LogP contribution < -0.4 is 9.64 Å². The summed E-state index contributed by atoms with van der Waals surface area (Å²) in [5, 5.41) is 2.98. The van der Waals surface area contributed by atoms with E-state index in [1.807, 2.05) is 12.3 Å². The minimum atomic E-state index is -4.72. The Morgan fingerprint density at radius 2 is 1.93 bits per heavy atom. The molecule has 0 bridgehead atoms. The van der Waals surface area contributed by atoms with Gasteiger partial charge in [0.1, 0.15) is 5.75 Å². The fourth-order valence-corrected chi connectivity index (χ4v) is 3.80. The maximum Gasteiger partial charge on any atom is 0.573 e. The molecule has 0 spiro atoms. The molecule has 1 aliphatic heterocycles. The zero-order chi connectivity index (χ0) is 19.4. The summed E-state index contributed by atoms with van der Waals surface area (Å²) in [6, 6.07) is 5.43. The van der Waals surface area contributed by atoms with Crippen molar-refractivity contribution < 1.29 is 22.7 Å². The Labute approximate surface area is 159 Å². The molecular weight excluding hydrogens is 379 g/mol. The van der Waals surface area contributed by atoms with Gasteiger partial charge in [0, 0.05) is 31.6 Å². The smallest absolute Gasteiger partial charge is 0.406 e. The molecule has 5 nitrogen and oxygen atoms in total. The Balaban J connectivity index is 1.55. The van der Waals surface area contributed by atoms with Crippen molar-refractivity contribution in [3.63, 3.8) is 0 Å². The maximum atomic E-state index is 12.6. The van der Waals surface area contributed by atoms with Crippen LogP contribution in [0.5, 0.6) is 5.75 Å². The second kappa shape index (κ2) is 8.16. The standard InChI is InChI=1S/C18H20F3N3O2S/c1-13-12-27-17(22-13)24-8-2-7-23(9-10-24)16(25)11-14-3-5-15(6-4-14)26-18(19,20)21/h3-6,12H,2,7-11H2,1H3. The highest BCUT2D eigenvalue weighted by atomic mass is 32.1. The molecule has 1 fully saturated rings. The molecule has 1 aliphatic rings. The van der Waals surface area contributed by atoms with Crippen molar-refractivity contribution >= 4 is 22.4 Å². The van der Waals surface area contributed by atoms with Gasteiger partial charge in [0.25, 0.3) is 0 Å². The Kier molecular flexibility index (Phi) is 5.88. The highest BCUT2D eigenvalue weighted by Gasteiger charge is 2.31. The molecular formula is C18H20F3N3O2S. The molecule has 0 N–H and O–H groups in total. The summed E-state index contributed by atoms with van der Waals surface area (Å²) in [7, 11) is 0. The third kappa shape index (κ3) is 5.59. The number of halogens is 3. The van der Waals surface area contributed by atoms with Crippen molar-refractivity contribution in [3.8, 4) is 5.75 Å². The summed E-state index contributed by atoms with van der Waals surface area (Å²) in [6.45, 7) is 4.79. The second-order valence-corrected chi connectivity index (χ2v) is 7.20. The Morgan fingerprint density at radius 1 is 1.19 bits per heavy atom. The molecule has 3 rings (SSSR count). The summed E-state index contributed by atoms with van der Waals surface area (Å²) in [6.07, 6.45) is -3.71. The molecule has 146 valence electrons. The van der Waals surface area contributed by atoms with Gasteiger partial charge in [-0.3, -0.25) is 4.79 Å². The molecule has 0 aliphatic carbocycles. The van der Waals surface area contributed by atoms with Gasteiger partial charge in [0.2, 0.25) is 5.91 Å². The van der Waals surface area contributed by atoms with E-state index < -0.39 is 6.36 Å². The van der Waals surface area contributed by atoms with Crippen molar-refractivity contribution in [1.82, 2.24) is 9.88 Å². The van der Waals surface area contributed by atoms with Crippen molar-refractivity contribution in [2.75, 3.05) is 31.1 Å². The Bertz CT molecular complexity index is 777. The third-order valence-corrected chi connectivity index (χ3v) is 5.26. The third-order valence-electron chi connectivity index (χ3n) is 4.24. The number of anilines is 1. The van der Waals surface area contributed by atoms with Crippen LogP contribution in [0.3, 0.4) is 0 Å². The van der Waals surface area contributed by atoms with Gasteiger partial charge in [-0.1, -0.05) is 12.1 Å². The number of carbonyl (C=O) groups is 1. The molecule has 2 heterocycles. The van der Waals surface area contributed by atoms with Crippen LogP contribution in [0, 0.1) is 6.92 Å². The van der Waals surface area contributed by atoms with E-state index in [9.17, 15) is 18.0 Å². The van der Waals surface area contributed by atoms with Gasteiger partial charge in [-0.15, -0.1) is 24.5 Å². The normalized spacial score (nSPS) is 15.6. The van der Waals surface area contributed by atoms with E-state index >= 15 is 0 Å². The zero-order valence-corrected chi connectivity index (χ0v) is 15.6. The Morgan fingerprint density at radius 3 is 2.56 bits per heavy atom. The van der Waals surface area contributed by atoms with E-state index in [-0.39, 0.29) is 18.1 Å². The lowest BCUT2D eigenvalue weighted by atomic mass is 10.1. The molecule has 9 heteroatoms. The summed E-state index contributed by atoms with van der Waals surface area (Å²) in [5.41, 5.74) is 1.65. The first-order valence-electron chi connectivity index (χ1n) is 8.60. The predicted octanol–water partition coefficient (Wildman–Crippen LogP) is 3.63. The van der Waals surface area contributed by atoms with E-state index in [2.05, 4.69) is 14.6 Å². The van der Waals surface area contributed by atoms with E-state index in [4.69, 9.17) is 0 Å². The highest BCUT2D eigenvalue weighted by Crippen LogP contribution is 2.24. The number of rotatable bonds is 4. The van der Waals surface area contributed by atoms with Crippen LogP contribution in [-0.2, 0) is 11.2 Å². The number of benzene rings is 1. The lowest BCUT2D eigenvalue weighted by molar-refractivity contribution is -0.274. The number of hydrogen-bond donors (Lipinski definition) is 0. The number of amides is 1. The van der Waals surface area contributed by atoms with E-state index in [0.29, 0.717) is 18.7 Å². The fraction of sp³-hybridized carbons (Fsp3) is 0.444. The molecule has 1 aromatic heterocycles. The van der Waals surface area contributed by atoms with Gasteiger partial charge in [0.15, 0.2) is 5.13 Å². The molecule has 0 unspecified atom stereocenters. The maximum absolute atomic E-state index is 12.6. The van der Waals surface area contributed by atoms with E-state index in [0.717, 1.165) is 30.3 Å². The molecule has 0 atom stereocenters. The average Bonchev–Trinajstić information content (AvgIpc) is 2.88. The summed E-state index contributed by atoms with van der Waals surface area (Å²) in [5.74, 6) is -0.320. The van der Waals surface area contributed by atoms with Crippen LogP contribution in [0.1, 0.15) is 17.7 Å². The van der Waals surface area contributed by atoms with Gasteiger partial charge in [-0.25, -0.2) is 4.98 Å². The van der Waals surface area contributed by atoms with Crippen LogP contribution in [-0.4, -0.2) is 48.3 Å². The topological polar surface area (TPSA) is 45.7 Å². The molecule has 1 aromatic carbocycles. The van der Waals surface area contributed by atoms with Crippen LogP contribution >= 0.6 is 11.3 Å². The molecule has 27 heavy (non-hydrogen) atoms. The first-order chi connectivity index (χ1) is 12.8. The quantitative estimate of drug-likeness (QED) is 0.788. The molecule has 1 saturated heterocycles. The highest BCUT2D eigenvalue weighted by molar-refractivity contribution is 7.13. The van der Waals surface area contributed by atoms with Crippen molar-refractivity contribution in [2.45, 2.75) is 26.1 Å². The average molecular weight is 399 g/mol. The first kappa shape index (κ1) is 19.5. The van der Waals surface area contributed by atoms with Gasteiger partial charge in [0.05, 0.1) is 12.1 Å². The number of aromatic nitrogens is 1. The van der Waals surface area contributed by atoms with Crippen molar-refractivity contribution in [3.05, 3.63) is 40.9 Å². The van der Waals surface area contributed by atoms with Crippen molar-refractivity contribution in [2.24, 2.45) is 0 Å². The minimum absolute atomic E-state index is 0.0309. The number of nitrogens with zero attached hydrogens (tertiary/aromatic N) is 3. The summed E-state index contributed by atoms with van der Waals surface area (Å²) < 4.78 is 40.4. The van der Waals surface area contributed by atoms with Crippen LogP contribution in [0.4, 0.5) is 18.3 Å². The van der Waals surface area contributed by atoms with Gasteiger partial charge < -0.3 is 14.5 Å². The van der Waals surface area contributed by atoms with Crippen molar-refractivity contribution in [1.29, 1.82) is 0 Å². The fourth-order valence-electron chi connectivity index (χ4n) is 2.94. The molecule has 2 aromatic rings. The van der Waals surface area contributed by atoms with Crippen LogP contribution in [0.25, 0.3) is 0 Å².